The standard InChI is InChI=1S/C10H11ClN2O/c1-6-3-8(11)5-13-9(7(2)14)4-12-10(6)13/h3-5,7,14H,1-2H3. The highest BCUT2D eigenvalue weighted by molar-refractivity contribution is 6.30. The number of pyridine rings is 1. The predicted octanol–water partition coefficient (Wildman–Crippen LogP) is 2.35. The van der Waals surface area contributed by atoms with Gasteiger partial charge >= 0.3 is 0 Å². The van der Waals surface area contributed by atoms with E-state index < -0.39 is 6.10 Å². The van der Waals surface area contributed by atoms with Crippen LogP contribution in [0.15, 0.2) is 18.5 Å². The number of hydrogen-bond acceptors (Lipinski definition) is 2. The molecule has 2 rings (SSSR count). The van der Waals surface area contributed by atoms with Gasteiger partial charge in [-0.1, -0.05) is 11.6 Å². The van der Waals surface area contributed by atoms with Crippen LogP contribution in [0, 0.1) is 6.92 Å². The summed E-state index contributed by atoms with van der Waals surface area (Å²) in [6, 6.07) is 1.86. The summed E-state index contributed by atoms with van der Waals surface area (Å²) in [5.74, 6) is 0. The van der Waals surface area contributed by atoms with Gasteiger partial charge in [0.1, 0.15) is 5.65 Å². The van der Waals surface area contributed by atoms with Crippen molar-refractivity contribution in [2.45, 2.75) is 20.0 Å². The molecule has 0 bridgehead atoms. The lowest BCUT2D eigenvalue weighted by Gasteiger charge is -2.05. The normalized spacial score (nSPS) is 13.4. The molecule has 3 nitrogen and oxygen atoms in total. The van der Waals surface area contributed by atoms with Gasteiger partial charge < -0.3 is 5.11 Å². The van der Waals surface area contributed by atoms with Crippen LogP contribution < -0.4 is 0 Å². The molecule has 2 aromatic rings. The fraction of sp³-hybridized carbons (Fsp3) is 0.300. The van der Waals surface area contributed by atoms with Crippen molar-refractivity contribution in [1.29, 1.82) is 0 Å². The van der Waals surface area contributed by atoms with E-state index in [9.17, 15) is 5.11 Å². The minimum absolute atomic E-state index is 0.539. The van der Waals surface area contributed by atoms with Gasteiger partial charge in [-0.2, -0.15) is 0 Å². The number of fused-ring (bicyclic) bond motifs is 1. The van der Waals surface area contributed by atoms with Crippen molar-refractivity contribution in [2.24, 2.45) is 0 Å². The van der Waals surface area contributed by atoms with E-state index in [2.05, 4.69) is 4.98 Å². The number of aliphatic hydroxyl groups excluding tert-OH is 1. The van der Waals surface area contributed by atoms with Crippen LogP contribution in [0.2, 0.25) is 5.02 Å². The number of halogens is 1. The van der Waals surface area contributed by atoms with Gasteiger partial charge in [0, 0.05) is 6.20 Å². The van der Waals surface area contributed by atoms with E-state index in [1.54, 1.807) is 19.3 Å². The zero-order valence-electron chi connectivity index (χ0n) is 8.03. The molecule has 0 spiro atoms. The quantitative estimate of drug-likeness (QED) is 0.785. The molecule has 0 fully saturated rings. The van der Waals surface area contributed by atoms with E-state index in [0.29, 0.717) is 5.02 Å². The molecule has 1 atom stereocenters. The van der Waals surface area contributed by atoms with Crippen molar-refractivity contribution < 1.29 is 5.11 Å². The summed E-state index contributed by atoms with van der Waals surface area (Å²) in [4.78, 5) is 4.22. The zero-order valence-corrected chi connectivity index (χ0v) is 8.78. The lowest BCUT2D eigenvalue weighted by Crippen LogP contribution is -1.97. The van der Waals surface area contributed by atoms with E-state index in [1.807, 2.05) is 17.4 Å². The van der Waals surface area contributed by atoms with Gasteiger partial charge in [0.2, 0.25) is 0 Å². The maximum atomic E-state index is 9.49. The molecule has 2 aromatic heterocycles. The third-order valence-corrected chi connectivity index (χ3v) is 2.42. The van der Waals surface area contributed by atoms with Gasteiger partial charge in [-0.3, -0.25) is 4.40 Å². The Hall–Kier alpha value is -1.06. The van der Waals surface area contributed by atoms with Gasteiger partial charge in [-0.05, 0) is 25.5 Å². The van der Waals surface area contributed by atoms with Crippen LogP contribution >= 0.6 is 11.6 Å². The van der Waals surface area contributed by atoms with E-state index in [-0.39, 0.29) is 0 Å². The predicted molar refractivity (Wildman–Crippen MR) is 55.6 cm³/mol. The number of aliphatic hydroxyl groups is 1. The number of aryl methyl sites for hydroxylation is 1. The second kappa shape index (κ2) is 3.26. The number of rotatable bonds is 1. The molecule has 0 aliphatic heterocycles. The van der Waals surface area contributed by atoms with E-state index in [1.165, 1.54) is 0 Å². The monoisotopic (exact) mass is 210 g/mol. The minimum atomic E-state index is -0.539. The summed E-state index contributed by atoms with van der Waals surface area (Å²) in [6.45, 7) is 3.65. The largest absolute Gasteiger partial charge is 0.387 e. The van der Waals surface area contributed by atoms with E-state index >= 15 is 0 Å². The van der Waals surface area contributed by atoms with Crippen molar-refractivity contribution in [3.05, 3.63) is 34.7 Å². The van der Waals surface area contributed by atoms with Crippen molar-refractivity contribution >= 4 is 17.2 Å². The zero-order chi connectivity index (χ0) is 10.3. The summed E-state index contributed by atoms with van der Waals surface area (Å²) in [7, 11) is 0. The Morgan fingerprint density at radius 3 is 2.93 bits per heavy atom. The maximum Gasteiger partial charge on any atom is 0.140 e. The van der Waals surface area contributed by atoms with Crippen LogP contribution in [0.4, 0.5) is 0 Å². The lowest BCUT2D eigenvalue weighted by atomic mass is 10.3. The van der Waals surface area contributed by atoms with Crippen molar-refractivity contribution in [1.82, 2.24) is 9.38 Å². The van der Waals surface area contributed by atoms with Gasteiger partial charge in [-0.15, -0.1) is 0 Å². The number of nitrogens with zero attached hydrogens (tertiary/aromatic N) is 2. The van der Waals surface area contributed by atoms with Crippen LogP contribution in [0.3, 0.4) is 0 Å². The highest BCUT2D eigenvalue weighted by Crippen LogP contribution is 2.20. The Labute approximate surface area is 87.0 Å². The first kappa shape index (κ1) is 9.49. The van der Waals surface area contributed by atoms with Crippen LogP contribution in [0.5, 0.6) is 0 Å². The van der Waals surface area contributed by atoms with Crippen molar-refractivity contribution in [3.63, 3.8) is 0 Å². The molecule has 1 unspecified atom stereocenters. The molecule has 0 amide bonds. The number of hydrogen-bond donors (Lipinski definition) is 1. The second-order valence-electron chi connectivity index (χ2n) is 3.39. The Morgan fingerprint density at radius 1 is 1.57 bits per heavy atom. The maximum absolute atomic E-state index is 9.49. The smallest absolute Gasteiger partial charge is 0.140 e. The van der Waals surface area contributed by atoms with Gasteiger partial charge in [0.05, 0.1) is 23.0 Å². The summed E-state index contributed by atoms with van der Waals surface area (Å²) in [6.07, 6.45) is 2.89. The van der Waals surface area contributed by atoms with Crippen LogP contribution in [-0.2, 0) is 0 Å². The first-order chi connectivity index (χ1) is 6.59. The first-order valence-electron chi connectivity index (χ1n) is 4.41. The molecule has 14 heavy (non-hydrogen) atoms. The van der Waals surface area contributed by atoms with Crippen molar-refractivity contribution in [2.75, 3.05) is 0 Å². The average molecular weight is 211 g/mol. The molecule has 74 valence electrons. The average Bonchev–Trinajstić information content (AvgIpc) is 2.47. The molecule has 2 heterocycles. The van der Waals surface area contributed by atoms with Crippen LogP contribution in [0.25, 0.3) is 5.65 Å². The van der Waals surface area contributed by atoms with Crippen LogP contribution in [-0.4, -0.2) is 14.5 Å². The van der Waals surface area contributed by atoms with Crippen LogP contribution in [0.1, 0.15) is 24.3 Å². The molecular weight excluding hydrogens is 200 g/mol. The minimum Gasteiger partial charge on any atom is -0.387 e. The molecular formula is C10H11ClN2O. The second-order valence-corrected chi connectivity index (χ2v) is 3.83. The third kappa shape index (κ3) is 1.38. The summed E-state index contributed by atoms with van der Waals surface area (Å²) >= 11 is 5.93. The molecule has 0 aromatic carbocycles. The molecule has 4 heteroatoms. The molecule has 0 saturated heterocycles. The van der Waals surface area contributed by atoms with Gasteiger partial charge in [0.15, 0.2) is 0 Å². The SMILES string of the molecule is Cc1cc(Cl)cn2c(C(C)O)cnc12. The molecule has 0 radical (unpaired) electrons. The highest BCUT2D eigenvalue weighted by atomic mass is 35.5. The topological polar surface area (TPSA) is 37.5 Å². The molecule has 0 aliphatic rings. The van der Waals surface area contributed by atoms with Gasteiger partial charge in [-0.25, -0.2) is 4.98 Å². The first-order valence-corrected chi connectivity index (χ1v) is 4.78. The van der Waals surface area contributed by atoms with E-state index in [0.717, 1.165) is 16.9 Å². The Balaban J connectivity index is 2.78. The lowest BCUT2D eigenvalue weighted by molar-refractivity contribution is 0.193. The fourth-order valence-electron chi connectivity index (χ4n) is 1.54. The fourth-order valence-corrected chi connectivity index (χ4v) is 1.80. The molecule has 1 N–H and O–H groups in total. The highest BCUT2D eigenvalue weighted by Gasteiger charge is 2.10. The number of imidazole rings is 1. The Morgan fingerprint density at radius 2 is 2.29 bits per heavy atom. The Bertz CT molecular complexity index is 476. The summed E-state index contributed by atoms with van der Waals surface area (Å²) in [5.41, 5.74) is 2.60. The van der Waals surface area contributed by atoms with Gasteiger partial charge in [0.25, 0.3) is 0 Å². The third-order valence-electron chi connectivity index (χ3n) is 2.21. The summed E-state index contributed by atoms with van der Waals surface area (Å²) in [5, 5.41) is 10.1. The van der Waals surface area contributed by atoms with E-state index in [4.69, 9.17) is 11.6 Å². The Kier molecular flexibility index (Phi) is 2.21. The summed E-state index contributed by atoms with van der Waals surface area (Å²) < 4.78 is 1.82. The molecule has 0 aliphatic carbocycles. The van der Waals surface area contributed by atoms with Crippen molar-refractivity contribution in [3.8, 4) is 0 Å². The number of aromatic nitrogens is 2. The molecule has 0 saturated carbocycles.